The molecule has 0 fully saturated rings. The van der Waals surface area contributed by atoms with Crippen LogP contribution in [0.2, 0.25) is 0 Å². The Balaban J connectivity index is 2.23. The van der Waals surface area contributed by atoms with Crippen molar-refractivity contribution in [3.63, 3.8) is 0 Å². The second-order valence-corrected chi connectivity index (χ2v) is 3.85. The van der Waals surface area contributed by atoms with E-state index in [0.717, 1.165) is 5.69 Å². The van der Waals surface area contributed by atoms with Crippen molar-refractivity contribution in [3.05, 3.63) is 48.3 Å². The van der Waals surface area contributed by atoms with E-state index in [1.165, 1.54) is 10.7 Å². The van der Waals surface area contributed by atoms with Crippen molar-refractivity contribution in [2.24, 2.45) is 0 Å². The average Bonchev–Trinajstić information content (AvgIpc) is 2.98. The molecule has 2 aromatic heterocycles. The van der Waals surface area contributed by atoms with Crippen molar-refractivity contribution in [3.8, 4) is 17.1 Å². The monoisotopic (exact) mass is 243 g/mol. The molecule has 0 amide bonds. The van der Waals surface area contributed by atoms with E-state index in [2.05, 4.69) is 20.3 Å². The van der Waals surface area contributed by atoms with Crippen molar-refractivity contribution in [2.75, 3.05) is 0 Å². The van der Waals surface area contributed by atoms with Crippen LogP contribution in [0, 0.1) is 12.7 Å². The van der Waals surface area contributed by atoms with Gasteiger partial charge in [0.05, 0.1) is 23.9 Å². The topological polar surface area (TPSA) is 59.4 Å². The Labute approximate surface area is 102 Å². The fraction of sp³-hybridized carbons (Fsp3) is 0.0833. The third-order valence-electron chi connectivity index (χ3n) is 2.67. The molecule has 1 N–H and O–H groups in total. The van der Waals surface area contributed by atoms with Crippen LogP contribution < -0.4 is 0 Å². The van der Waals surface area contributed by atoms with Crippen molar-refractivity contribution in [1.82, 2.24) is 25.0 Å². The predicted octanol–water partition coefficient (Wildman–Crippen LogP) is 2.10. The third-order valence-corrected chi connectivity index (χ3v) is 2.67. The van der Waals surface area contributed by atoms with E-state index >= 15 is 0 Å². The molecule has 0 spiro atoms. The Morgan fingerprint density at radius 1 is 1.28 bits per heavy atom. The van der Waals surface area contributed by atoms with Gasteiger partial charge in [0.25, 0.3) is 0 Å². The summed E-state index contributed by atoms with van der Waals surface area (Å²) in [6.45, 7) is 1.82. The summed E-state index contributed by atoms with van der Waals surface area (Å²) >= 11 is 0. The Kier molecular flexibility index (Phi) is 2.40. The van der Waals surface area contributed by atoms with Crippen LogP contribution in [0.25, 0.3) is 17.1 Å². The molecule has 0 saturated heterocycles. The van der Waals surface area contributed by atoms with Crippen molar-refractivity contribution in [2.45, 2.75) is 6.92 Å². The Hall–Kier alpha value is -2.50. The van der Waals surface area contributed by atoms with E-state index in [-0.39, 0.29) is 5.82 Å². The largest absolute Gasteiger partial charge is 0.343 e. The summed E-state index contributed by atoms with van der Waals surface area (Å²) in [5.41, 5.74) is 2.53. The zero-order chi connectivity index (χ0) is 12.5. The number of H-pyrrole nitrogens is 1. The number of nitrogens with zero attached hydrogens (tertiary/aromatic N) is 4. The minimum Gasteiger partial charge on any atom is -0.343 e. The van der Waals surface area contributed by atoms with Gasteiger partial charge in [-0.15, -0.1) is 5.10 Å². The first-order valence-corrected chi connectivity index (χ1v) is 5.43. The van der Waals surface area contributed by atoms with Crippen LogP contribution in [0.3, 0.4) is 0 Å². The lowest BCUT2D eigenvalue weighted by molar-refractivity contribution is 0.608. The zero-order valence-electron chi connectivity index (χ0n) is 9.63. The van der Waals surface area contributed by atoms with E-state index in [1.807, 2.05) is 6.92 Å². The van der Waals surface area contributed by atoms with E-state index in [1.54, 1.807) is 30.7 Å². The number of aryl methyl sites for hydroxylation is 1. The van der Waals surface area contributed by atoms with E-state index in [0.29, 0.717) is 17.1 Å². The highest BCUT2D eigenvalue weighted by molar-refractivity contribution is 5.59. The van der Waals surface area contributed by atoms with Gasteiger partial charge in [-0.25, -0.2) is 14.1 Å². The lowest BCUT2D eigenvalue weighted by Crippen LogP contribution is -2.02. The first-order valence-electron chi connectivity index (χ1n) is 5.43. The zero-order valence-corrected chi connectivity index (χ0v) is 9.63. The number of hydrogen-bond donors (Lipinski definition) is 1. The molecule has 6 heteroatoms. The van der Waals surface area contributed by atoms with Gasteiger partial charge >= 0.3 is 0 Å². The summed E-state index contributed by atoms with van der Waals surface area (Å²) in [5, 5.41) is 7.97. The summed E-state index contributed by atoms with van der Waals surface area (Å²) in [5.74, 6) is -0.344. The Bertz CT molecular complexity index is 672. The minimum absolute atomic E-state index is 0.344. The van der Waals surface area contributed by atoms with E-state index in [9.17, 15) is 4.39 Å². The number of halogens is 1. The standard InChI is InChI=1S/C12H10FN5/c1-8-12(10-6-14-7-15-10)18(17-16-8)11-5-3-2-4-9(11)13/h2-7H,1H3,(H,14,15). The molecule has 0 aliphatic rings. The second kappa shape index (κ2) is 4.06. The average molecular weight is 243 g/mol. The van der Waals surface area contributed by atoms with Crippen molar-refractivity contribution in [1.29, 1.82) is 0 Å². The minimum atomic E-state index is -0.344. The molecule has 0 saturated carbocycles. The van der Waals surface area contributed by atoms with Gasteiger partial charge in [0.1, 0.15) is 17.2 Å². The maximum Gasteiger partial charge on any atom is 0.148 e. The molecule has 3 rings (SSSR count). The molecule has 3 aromatic rings. The fourth-order valence-corrected chi connectivity index (χ4v) is 1.84. The van der Waals surface area contributed by atoms with Crippen LogP contribution in [0.1, 0.15) is 5.69 Å². The van der Waals surface area contributed by atoms with Gasteiger partial charge in [0, 0.05) is 0 Å². The SMILES string of the molecule is Cc1nnn(-c2ccccc2F)c1-c1cnc[nH]1. The predicted molar refractivity (Wildman–Crippen MR) is 63.6 cm³/mol. The molecule has 1 aromatic carbocycles. The van der Waals surface area contributed by atoms with Gasteiger partial charge in [0.2, 0.25) is 0 Å². The first-order chi connectivity index (χ1) is 8.77. The van der Waals surface area contributed by atoms with Crippen LogP contribution in [-0.2, 0) is 0 Å². The summed E-state index contributed by atoms with van der Waals surface area (Å²) in [7, 11) is 0. The van der Waals surface area contributed by atoms with Crippen molar-refractivity contribution < 1.29 is 4.39 Å². The molecular formula is C12H10FN5. The summed E-state index contributed by atoms with van der Waals surface area (Å²) in [4.78, 5) is 6.93. The Morgan fingerprint density at radius 3 is 2.83 bits per heavy atom. The number of nitrogens with one attached hydrogen (secondary N) is 1. The van der Waals surface area contributed by atoms with Gasteiger partial charge in [-0.2, -0.15) is 0 Å². The smallest absolute Gasteiger partial charge is 0.148 e. The highest BCUT2D eigenvalue weighted by Crippen LogP contribution is 2.23. The molecule has 0 unspecified atom stereocenters. The second-order valence-electron chi connectivity index (χ2n) is 3.85. The van der Waals surface area contributed by atoms with Crippen LogP contribution >= 0.6 is 0 Å². The van der Waals surface area contributed by atoms with Crippen molar-refractivity contribution >= 4 is 0 Å². The summed E-state index contributed by atoms with van der Waals surface area (Å²) < 4.78 is 15.3. The van der Waals surface area contributed by atoms with Crippen LogP contribution in [0.5, 0.6) is 0 Å². The maximum atomic E-state index is 13.8. The molecule has 0 aliphatic heterocycles. The van der Waals surface area contributed by atoms with Gasteiger partial charge in [0.15, 0.2) is 0 Å². The number of rotatable bonds is 2. The van der Waals surface area contributed by atoms with Gasteiger partial charge in [-0.1, -0.05) is 17.3 Å². The quantitative estimate of drug-likeness (QED) is 0.749. The third kappa shape index (κ3) is 1.58. The molecule has 0 atom stereocenters. The number of imidazole rings is 1. The highest BCUT2D eigenvalue weighted by Gasteiger charge is 2.16. The van der Waals surface area contributed by atoms with Gasteiger partial charge < -0.3 is 4.98 Å². The Morgan fingerprint density at radius 2 is 2.11 bits per heavy atom. The molecule has 0 radical (unpaired) electrons. The molecule has 5 nitrogen and oxygen atoms in total. The fourth-order valence-electron chi connectivity index (χ4n) is 1.84. The normalized spacial score (nSPS) is 10.8. The van der Waals surface area contributed by atoms with Crippen LogP contribution in [-0.4, -0.2) is 25.0 Å². The maximum absolute atomic E-state index is 13.8. The van der Waals surface area contributed by atoms with Gasteiger partial charge in [-0.3, -0.25) is 0 Å². The molecule has 0 bridgehead atoms. The van der Waals surface area contributed by atoms with E-state index in [4.69, 9.17) is 0 Å². The molecule has 0 aliphatic carbocycles. The molecule has 18 heavy (non-hydrogen) atoms. The highest BCUT2D eigenvalue weighted by atomic mass is 19.1. The molecule has 90 valence electrons. The first kappa shape index (κ1) is 10.6. The number of benzene rings is 1. The molecule has 2 heterocycles. The van der Waals surface area contributed by atoms with E-state index < -0.39 is 0 Å². The lowest BCUT2D eigenvalue weighted by Gasteiger charge is -2.06. The van der Waals surface area contributed by atoms with Gasteiger partial charge in [-0.05, 0) is 19.1 Å². The number of aromatic nitrogens is 5. The van der Waals surface area contributed by atoms with Crippen LogP contribution in [0.15, 0.2) is 36.8 Å². The van der Waals surface area contributed by atoms with Crippen LogP contribution in [0.4, 0.5) is 4.39 Å². The number of para-hydroxylation sites is 1. The summed E-state index contributed by atoms with van der Waals surface area (Å²) in [6, 6.07) is 6.44. The summed E-state index contributed by atoms with van der Waals surface area (Å²) in [6.07, 6.45) is 3.22. The lowest BCUT2D eigenvalue weighted by atomic mass is 10.2. The molecular weight excluding hydrogens is 233 g/mol. The number of hydrogen-bond acceptors (Lipinski definition) is 3. The number of aromatic amines is 1.